The van der Waals surface area contributed by atoms with Crippen LogP contribution in [0.25, 0.3) is 11.1 Å². The molecule has 0 amide bonds. The Morgan fingerprint density at radius 2 is 1.69 bits per heavy atom. The van der Waals surface area contributed by atoms with Gasteiger partial charge in [0.1, 0.15) is 12.2 Å². The Morgan fingerprint density at radius 1 is 1.03 bits per heavy atom. The van der Waals surface area contributed by atoms with Crippen molar-refractivity contribution in [2.75, 3.05) is 0 Å². The first kappa shape index (κ1) is 22.7. The highest BCUT2D eigenvalue weighted by Gasteiger charge is 2.50. The maximum Gasteiger partial charge on any atom is 0.338 e. The quantitative estimate of drug-likeness (QED) is 0.344. The van der Waals surface area contributed by atoms with Gasteiger partial charge in [0.25, 0.3) is 0 Å². The second kappa shape index (κ2) is 10.9. The molecule has 1 N–H and O–H groups in total. The molecule has 1 aliphatic heterocycles. The van der Waals surface area contributed by atoms with E-state index in [4.69, 9.17) is 10.8 Å². The molecule has 5 atom stereocenters. The molecule has 36 heavy (non-hydrogen) atoms. The number of esters is 2. The zero-order valence-corrected chi connectivity index (χ0v) is 20.0. The Bertz CT molecular complexity index is 1250. The number of aliphatic hydroxyl groups is 1. The summed E-state index contributed by atoms with van der Waals surface area (Å²) in [7, 11) is 0. The van der Waals surface area contributed by atoms with Crippen LogP contribution in [-0.2, 0) is 20.7 Å². The first-order valence-corrected chi connectivity index (χ1v) is 12.4. The highest BCUT2D eigenvalue weighted by Crippen LogP contribution is 2.43. The molecule has 0 bridgehead atoms. The molecule has 1 heterocycles. The van der Waals surface area contributed by atoms with Crippen molar-refractivity contribution in [3.63, 3.8) is 0 Å². The second-order valence-electron chi connectivity index (χ2n) is 9.43. The number of carbonyl (C=O) groups is 2. The topological polar surface area (TPSA) is 72.8 Å². The lowest BCUT2D eigenvalue weighted by atomic mass is 9.91. The zero-order valence-electron chi connectivity index (χ0n) is 21.0. The molecule has 0 spiro atoms. The van der Waals surface area contributed by atoms with E-state index in [2.05, 4.69) is 0 Å². The SMILES string of the molecule is [2H][C@@](O)(C=C[C@@H]1[C@H]2CC(=O)O[C@H]2C[C@H]1OC(=O)c1ccc(-c2ccccc2)cc1)CCc1ccccc1. The largest absolute Gasteiger partial charge is 0.462 e. The fraction of sp³-hybridized carbons (Fsp3) is 0.290. The number of benzene rings is 3. The van der Waals surface area contributed by atoms with Gasteiger partial charge in [0, 0.05) is 18.3 Å². The van der Waals surface area contributed by atoms with Crippen LogP contribution in [0.4, 0.5) is 0 Å². The average Bonchev–Trinajstić information content (AvgIpc) is 3.42. The van der Waals surface area contributed by atoms with Crippen LogP contribution in [0.5, 0.6) is 0 Å². The van der Waals surface area contributed by atoms with Gasteiger partial charge in [-0.2, -0.15) is 0 Å². The van der Waals surface area contributed by atoms with E-state index in [0.29, 0.717) is 18.4 Å². The lowest BCUT2D eigenvalue weighted by molar-refractivity contribution is -0.141. The van der Waals surface area contributed by atoms with Crippen LogP contribution in [0.15, 0.2) is 97.1 Å². The van der Waals surface area contributed by atoms with Crippen molar-refractivity contribution < 1.29 is 25.5 Å². The third kappa shape index (κ3) is 5.58. The molecule has 3 aromatic rings. The standard InChI is InChI=1S/C31H30O5/c32-25(16-11-21-7-3-1-4-8-21)17-18-26-27-19-30(33)35-29(27)20-28(26)36-31(34)24-14-12-23(13-15-24)22-9-5-2-6-10-22/h1-10,12-15,17-18,25-29,32H,11,16,19-20H2/t25-,26+,27+,28+,29-/m0/s1/i25D. The average molecular weight is 484 g/mol. The second-order valence-corrected chi connectivity index (χ2v) is 9.43. The molecule has 1 aliphatic carbocycles. The van der Waals surface area contributed by atoms with Gasteiger partial charge in [-0.3, -0.25) is 4.79 Å². The fourth-order valence-corrected chi connectivity index (χ4v) is 5.15. The number of ether oxygens (including phenoxy) is 2. The van der Waals surface area contributed by atoms with Crippen LogP contribution >= 0.6 is 0 Å². The van der Waals surface area contributed by atoms with Crippen LogP contribution in [0.2, 0.25) is 0 Å². The molecule has 0 unspecified atom stereocenters. The van der Waals surface area contributed by atoms with Crippen LogP contribution in [-0.4, -0.2) is 35.3 Å². The van der Waals surface area contributed by atoms with E-state index >= 15 is 0 Å². The minimum atomic E-state index is -1.78. The van der Waals surface area contributed by atoms with E-state index in [0.717, 1.165) is 16.7 Å². The first-order chi connectivity index (χ1) is 17.9. The van der Waals surface area contributed by atoms with Gasteiger partial charge in [0.15, 0.2) is 0 Å². The highest BCUT2D eigenvalue weighted by atomic mass is 16.6. The highest BCUT2D eigenvalue weighted by molar-refractivity contribution is 5.90. The van der Waals surface area contributed by atoms with Crippen molar-refractivity contribution in [3.05, 3.63) is 108 Å². The van der Waals surface area contributed by atoms with Gasteiger partial charge in [0.2, 0.25) is 0 Å². The van der Waals surface area contributed by atoms with Crippen molar-refractivity contribution in [1.29, 1.82) is 0 Å². The number of aryl methyl sites for hydroxylation is 1. The van der Waals surface area contributed by atoms with Crippen LogP contribution in [0.3, 0.4) is 0 Å². The molecule has 1 saturated heterocycles. The predicted molar refractivity (Wildman–Crippen MR) is 137 cm³/mol. The molecule has 5 rings (SSSR count). The van der Waals surface area contributed by atoms with E-state index in [9.17, 15) is 14.7 Å². The van der Waals surface area contributed by atoms with Gasteiger partial charge >= 0.3 is 11.9 Å². The summed E-state index contributed by atoms with van der Waals surface area (Å²) in [5.41, 5.74) is 3.55. The Labute approximate surface area is 212 Å². The van der Waals surface area contributed by atoms with Crippen LogP contribution in [0, 0.1) is 11.8 Å². The van der Waals surface area contributed by atoms with Crippen molar-refractivity contribution in [3.8, 4) is 11.1 Å². The van der Waals surface area contributed by atoms with Gasteiger partial charge in [-0.05, 0) is 41.7 Å². The van der Waals surface area contributed by atoms with E-state index in [-0.39, 0.29) is 36.8 Å². The van der Waals surface area contributed by atoms with Gasteiger partial charge in [0.05, 0.1) is 19.4 Å². The van der Waals surface area contributed by atoms with Crippen molar-refractivity contribution >= 4 is 11.9 Å². The molecule has 5 nitrogen and oxygen atoms in total. The molecule has 3 aromatic carbocycles. The first-order valence-electron chi connectivity index (χ1n) is 12.9. The molecule has 0 aromatic heterocycles. The maximum absolute atomic E-state index is 13.0. The van der Waals surface area contributed by atoms with Crippen molar-refractivity contribution in [1.82, 2.24) is 0 Å². The lowest BCUT2D eigenvalue weighted by Crippen LogP contribution is -2.25. The summed E-state index contributed by atoms with van der Waals surface area (Å²) in [6.45, 7) is 0. The van der Waals surface area contributed by atoms with Gasteiger partial charge in [-0.15, -0.1) is 0 Å². The van der Waals surface area contributed by atoms with E-state index in [1.807, 2.05) is 72.8 Å². The number of hydrogen-bond donors (Lipinski definition) is 1. The van der Waals surface area contributed by atoms with Crippen molar-refractivity contribution in [2.45, 2.75) is 44.0 Å². The summed E-state index contributed by atoms with van der Waals surface area (Å²) >= 11 is 0. The summed E-state index contributed by atoms with van der Waals surface area (Å²) in [4.78, 5) is 24.9. The number of rotatable bonds is 8. The van der Waals surface area contributed by atoms with Crippen molar-refractivity contribution in [2.24, 2.45) is 11.8 Å². The Balaban J connectivity index is 1.27. The Kier molecular flexibility index (Phi) is 6.90. The number of hydrogen-bond acceptors (Lipinski definition) is 5. The predicted octanol–water partition coefficient (Wildman–Crippen LogP) is 5.38. The monoisotopic (exact) mass is 483 g/mol. The molecule has 5 heteroatoms. The van der Waals surface area contributed by atoms with E-state index in [1.165, 1.54) is 6.08 Å². The number of carbonyl (C=O) groups excluding carboxylic acids is 2. The zero-order chi connectivity index (χ0) is 25.8. The molecule has 2 aliphatic rings. The number of fused-ring (bicyclic) bond motifs is 1. The lowest BCUT2D eigenvalue weighted by Gasteiger charge is -2.20. The molecule has 184 valence electrons. The van der Waals surface area contributed by atoms with Gasteiger partial charge in [-0.25, -0.2) is 4.79 Å². The molecule has 2 fully saturated rings. The molecular formula is C31H30O5. The maximum atomic E-state index is 13.0. The Morgan fingerprint density at radius 3 is 2.42 bits per heavy atom. The van der Waals surface area contributed by atoms with E-state index in [1.54, 1.807) is 18.2 Å². The molecular weight excluding hydrogens is 452 g/mol. The summed E-state index contributed by atoms with van der Waals surface area (Å²) in [5.74, 6) is -1.18. The normalized spacial score (nSPS) is 25.1. The summed E-state index contributed by atoms with van der Waals surface area (Å²) in [6, 6.07) is 26.9. The minimum absolute atomic E-state index is 0.146. The third-order valence-electron chi connectivity index (χ3n) is 7.06. The summed E-state index contributed by atoms with van der Waals surface area (Å²) < 4.78 is 19.7. The summed E-state index contributed by atoms with van der Waals surface area (Å²) in [6.07, 6.45) is 2.00. The van der Waals surface area contributed by atoms with Gasteiger partial charge < -0.3 is 14.6 Å². The fourth-order valence-electron chi connectivity index (χ4n) is 5.15. The smallest absolute Gasteiger partial charge is 0.338 e. The van der Waals surface area contributed by atoms with E-state index < -0.39 is 18.2 Å². The van der Waals surface area contributed by atoms with Crippen LogP contribution in [0.1, 0.15) is 36.6 Å². The molecule has 0 radical (unpaired) electrons. The molecule has 1 saturated carbocycles. The summed E-state index contributed by atoms with van der Waals surface area (Å²) in [5, 5.41) is 10.7. The Hall–Kier alpha value is -3.70. The van der Waals surface area contributed by atoms with Gasteiger partial charge in [-0.1, -0.05) is 84.9 Å². The van der Waals surface area contributed by atoms with Crippen LogP contribution < -0.4 is 0 Å². The minimum Gasteiger partial charge on any atom is -0.462 e. The third-order valence-corrected chi connectivity index (χ3v) is 7.06.